The topological polar surface area (TPSA) is 66.6 Å². The van der Waals surface area contributed by atoms with Crippen LogP contribution in [0.15, 0.2) is 36.5 Å². The lowest BCUT2D eigenvalue weighted by atomic mass is 9.96. The Kier molecular flexibility index (Phi) is 3.58. The first-order valence-corrected chi connectivity index (χ1v) is 8.39. The smallest absolute Gasteiger partial charge is 0.160 e. The summed E-state index contributed by atoms with van der Waals surface area (Å²) in [6.07, 6.45) is 4.13. The monoisotopic (exact) mass is 327 g/mol. The summed E-state index contributed by atoms with van der Waals surface area (Å²) < 4.78 is 0. The number of benzene rings is 1. The van der Waals surface area contributed by atoms with Gasteiger partial charge in [0, 0.05) is 34.3 Å². The van der Waals surface area contributed by atoms with E-state index in [1.54, 1.807) is 13.1 Å². The molecular formula is C21H17N3O. The van der Waals surface area contributed by atoms with Gasteiger partial charge in [-0.1, -0.05) is 0 Å². The van der Waals surface area contributed by atoms with E-state index in [4.69, 9.17) is 0 Å². The van der Waals surface area contributed by atoms with Crippen molar-refractivity contribution in [2.75, 3.05) is 0 Å². The number of rotatable bonds is 3. The lowest BCUT2D eigenvalue weighted by molar-refractivity contribution is 0.101. The Morgan fingerprint density at radius 1 is 1.24 bits per heavy atom. The lowest BCUT2D eigenvalue weighted by Crippen LogP contribution is -1.99. The summed E-state index contributed by atoms with van der Waals surface area (Å²) >= 11 is 0. The van der Waals surface area contributed by atoms with Gasteiger partial charge in [-0.15, -0.1) is 0 Å². The Labute approximate surface area is 146 Å². The van der Waals surface area contributed by atoms with E-state index in [2.05, 4.69) is 16.0 Å². The SMILES string of the molecule is CC(=O)c1cc(C)cc2nc(C#N)c(-c3ccnc(C4CC4)c3)cc12. The lowest BCUT2D eigenvalue weighted by Gasteiger charge is -2.10. The number of aryl methyl sites for hydroxylation is 1. The molecule has 0 saturated heterocycles. The van der Waals surface area contributed by atoms with E-state index in [9.17, 15) is 10.1 Å². The van der Waals surface area contributed by atoms with Crippen LogP contribution in [0.3, 0.4) is 0 Å². The quantitative estimate of drug-likeness (QED) is 0.662. The Balaban J connectivity index is 1.98. The summed E-state index contributed by atoms with van der Waals surface area (Å²) in [7, 11) is 0. The van der Waals surface area contributed by atoms with Gasteiger partial charge >= 0.3 is 0 Å². The van der Waals surface area contributed by atoms with Gasteiger partial charge < -0.3 is 0 Å². The average Bonchev–Trinajstić information content (AvgIpc) is 3.45. The van der Waals surface area contributed by atoms with Gasteiger partial charge in [0.15, 0.2) is 5.78 Å². The molecule has 2 heterocycles. The summed E-state index contributed by atoms with van der Waals surface area (Å²) in [5.41, 5.74) is 5.41. The van der Waals surface area contributed by atoms with Gasteiger partial charge in [-0.05, 0) is 68.1 Å². The molecule has 1 aromatic carbocycles. The first-order valence-electron chi connectivity index (χ1n) is 8.39. The predicted octanol–water partition coefficient (Wildman–Crippen LogP) is 4.56. The Hall–Kier alpha value is -3.06. The van der Waals surface area contributed by atoms with Crippen molar-refractivity contribution in [1.29, 1.82) is 5.26 Å². The molecule has 1 saturated carbocycles. The predicted molar refractivity (Wildman–Crippen MR) is 96.4 cm³/mol. The van der Waals surface area contributed by atoms with Gasteiger partial charge in [-0.25, -0.2) is 4.98 Å². The maximum atomic E-state index is 12.1. The second kappa shape index (κ2) is 5.78. The third-order valence-electron chi connectivity index (χ3n) is 4.65. The van der Waals surface area contributed by atoms with Crippen molar-refractivity contribution in [3.8, 4) is 17.2 Å². The van der Waals surface area contributed by atoms with Crippen molar-refractivity contribution in [2.45, 2.75) is 32.6 Å². The van der Waals surface area contributed by atoms with E-state index in [1.165, 1.54) is 12.8 Å². The van der Waals surface area contributed by atoms with Crippen LogP contribution in [0.25, 0.3) is 22.0 Å². The van der Waals surface area contributed by atoms with E-state index < -0.39 is 0 Å². The molecule has 2 aromatic heterocycles. The molecule has 0 spiro atoms. The number of nitriles is 1. The van der Waals surface area contributed by atoms with E-state index in [1.807, 2.05) is 37.3 Å². The summed E-state index contributed by atoms with van der Waals surface area (Å²) in [6.45, 7) is 3.49. The van der Waals surface area contributed by atoms with Gasteiger partial charge in [0.1, 0.15) is 11.8 Å². The molecule has 1 fully saturated rings. The minimum Gasteiger partial charge on any atom is -0.294 e. The number of hydrogen-bond acceptors (Lipinski definition) is 4. The highest BCUT2D eigenvalue weighted by molar-refractivity contribution is 6.07. The minimum atomic E-state index is -0.000412. The Bertz CT molecular complexity index is 1060. The number of Topliss-reactive ketones (excluding diaryl/α,β-unsaturated/α-hetero) is 1. The van der Waals surface area contributed by atoms with Crippen LogP contribution in [-0.2, 0) is 0 Å². The number of nitrogens with zero attached hydrogens (tertiary/aromatic N) is 3. The second-order valence-electron chi connectivity index (χ2n) is 6.68. The van der Waals surface area contributed by atoms with Crippen LogP contribution >= 0.6 is 0 Å². The molecule has 0 aliphatic heterocycles. The molecular weight excluding hydrogens is 310 g/mol. The van der Waals surface area contributed by atoms with Crippen molar-refractivity contribution >= 4 is 16.7 Å². The number of aromatic nitrogens is 2. The van der Waals surface area contributed by atoms with Crippen LogP contribution in [0.1, 0.15) is 53.0 Å². The van der Waals surface area contributed by atoms with E-state index >= 15 is 0 Å². The molecule has 0 unspecified atom stereocenters. The fraction of sp³-hybridized carbons (Fsp3) is 0.238. The number of carbonyl (C=O) groups is 1. The van der Waals surface area contributed by atoms with E-state index in [0.29, 0.717) is 22.7 Å². The molecule has 4 rings (SSSR count). The van der Waals surface area contributed by atoms with Gasteiger partial charge in [0.05, 0.1) is 5.52 Å². The molecule has 122 valence electrons. The Morgan fingerprint density at radius 3 is 2.72 bits per heavy atom. The first-order chi connectivity index (χ1) is 12.1. The molecule has 3 aromatic rings. The van der Waals surface area contributed by atoms with Gasteiger partial charge in [-0.2, -0.15) is 5.26 Å². The fourth-order valence-corrected chi connectivity index (χ4v) is 3.23. The second-order valence-corrected chi connectivity index (χ2v) is 6.68. The number of ketones is 1. The van der Waals surface area contributed by atoms with Crippen molar-refractivity contribution < 1.29 is 4.79 Å². The van der Waals surface area contributed by atoms with Crippen molar-refractivity contribution in [3.63, 3.8) is 0 Å². The molecule has 1 aliphatic rings. The summed E-state index contributed by atoms with van der Waals surface area (Å²) in [4.78, 5) is 21.0. The van der Waals surface area contributed by atoms with Crippen molar-refractivity contribution in [3.05, 3.63) is 59.0 Å². The zero-order chi connectivity index (χ0) is 17.6. The van der Waals surface area contributed by atoms with Crippen LogP contribution in [0.4, 0.5) is 0 Å². The molecule has 25 heavy (non-hydrogen) atoms. The highest BCUT2D eigenvalue weighted by Gasteiger charge is 2.25. The van der Waals surface area contributed by atoms with Crippen LogP contribution in [-0.4, -0.2) is 15.8 Å². The summed E-state index contributed by atoms with van der Waals surface area (Å²) in [5, 5.41) is 10.4. The summed E-state index contributed by atoms with van der Waals surface area (Å²) in [5.74, 6) is 0.536. The molecule has 0 N–H and O–H groups in total. The zero-order valence-corrected chi connectivity index (χ0v) is 14.2. The van der Waals surface area contributed by atoms with Gasteiger partial charge in [-0.3, -0.25) is 9.78 Å². The maximum Gasteiger partial charge on any atom is 0.160 e. The van der Waals surface area contributed by atoms with Crippen molar-refractivity contribution in [1.82, 2.24) is 9.97 Å². The number of carbonyl (C=O) groups excluding carboxylic acids is 1. The largest absolute Gasteiger partial charge is 0.294 e. The number of fused-ring (bicyclic) bond motifs is 1. The van der Waals surface area contributed by atoms with Crippen LogP contribution in [0.2, 0.25) is 0 Å². The fourth-order valence-electron chi connectivity index (χ4n) is 3.23. The van der Waals surface area contributed by atoms with E-state index in [-0.39, 0.29) is 5.78 Å². The molecule has 0 radical (unpaired) electrons. The average molecular weight is 327 g/mol. The van der Waals surface area contributed by atoms with Crippen LogP contribution < -0.4 is 0 Å². The van der Waals surface area contributed by atoms with E-state index in [0.717, 1.165) is 27.8 Å². The minimum absolute atomic E-state index is 0.000412. The molecule has 0 amide bonds. The molecule has 0 atom stereocenters. The third kappa shape index (κ3) is 2.78. The molecule has 4 nitrogen and oxygen atoms in total. The zero-order valence-electron chi connectivity index (χ0n) is 14.2. The molecule has 0 bridgehead atoms. The van der Waals surface area contributed by atoms with Crippen LogP contribution in [0.5, 0.6) is 0 Å². The van der Waals surface area contributed by atoms with Gasteiger partial charge in [0.25, 0.3) is 0 Å². The molecule has 4 heteroatoms. The standard InChI is InChI=1S/C21H17N3O/c1-12-7-16(13(2)25)18-10-17(21(11-22)24-20(18)8-12)15-5-6-23-19(9-15)14-3-4-14/h5-10,14H,3-4H2,1-2H3. The molecule has 1 aliphatic carbocycles. The summed E-state index contributed by atoms with van der Waals surface area (Å²) in [6, 6.07) is 11.9. The highest BCUT2D eigenvalue weighted by atomic mass is 16.1. The normalized spacial score (nSPS) is 13.6. The van der Waals surface area contributed by atoms with Gasteiger partial charge in [0.2, 0.25) is 0 Å². The van der Waals surface area contributed by atoms with Crippen molar-refractivity contribution in [2.24, 2.45) is 0 Å². The third-order valence-corrected chi connectivity index (χ3v) is 4.65. The van der Waals surface area contributed by atoms with Crippen LogP contribution in [0, 0.1) is 18.3 Å². The highest BCUT2D eigenvalue weighted by Crippen LogP contribution is 2.40. The number of pyridine rings is 2. The number of hydrogen-bond donors (Lipinski definition) is 0. The first kappa shape index (κ1) is 15.5. The Morgan fingerprint density at radius 2 is 2.04 bits per heavy atom. The maximum absolute atomic E-state index is 12.1.